The third-order valence-electron chi connectivity index (χ3n) is 5.30. The van der Waals surface area contributed by atoms with Crippen molar-refractivity contribution >= 4 is 39.5 Å². The van der Waals surface area contributed by atoms with Crippen LogP contribution in [0.3, 0.4) is 0 Å². The van der Waals surface area contributed by atoms with Gasteiger partial charge in [0.15, 0.2) is 17.8 Å². The number of ether oxygens (including phenoxy) is 2. The van der Waals surface area contributed by atoms with Crippen molar-refractivity contribution in [2.75, 3.05) is 25.6 Å². The number of aldehydes is 1. The van der Waals surface area contributed by atoms with E-state index in [4.69, 9.17) is 9.47 Å². The van der Waals surface area contributed by atoms with Crippen LogP contribution >= 0.6 is 11.5 Å². The topological polar surface area (TPSA) is 89.6 Å². The number of nitrogens with one attached hydrogen (secondary N) is 2. The molecule has 0 saturated heterocycles. The first kappa shape index (κ1) is 24.3. The molecule has 2 heterocycles. The first-order valence-electron chi connectivity index (χ1n) is 10.9. The summed E-state index contributed by atoms with van der Waals surface area (Å²) in [5, 5.41) is 6.70. The number of benzene rings is 3. The first-order chi connectivity index (χ1) is 17.0. The van der Waals surface area contributed by atoms with Crippen LogP contribution in [0, 0.1) is 12.7 Å². The highest BCUT2D eigenvalue weighted by molar-refractivity contribution is 7.13. The fourth-order valence-corrected chi connectivity index (χ4v) is 4.39. The van der Waals surface area contributed by atoms with Gasteiger partial charge in [-0.2, -0.15) is 4.37 Å². The molecule has 0 bridgehead atoms. The fourth-order valence-electron chi connectivity index (χ4n) is 3.62. The van der Waals surface area contributed by atoms with Gasteiger partial charge in [-0.3, -0.25) is 9.59 Å². The molecule has 2 N–H and O–H groups in total. The van der Waals surface area contributed by atoms with E-state index in [9.17, 15) is 14.0 Å². The van der Waals surface area contributed by atoms with E-state index >= 15 is 0 Å². The molecule has 1 aliphatic heterocycles. The Hall–Kier alpha value is -3.82. The number of fused-ring (bicyclic) bond motifs is 2. The lowest BCUT2D eigenvalue weighted by Crippen LogP contribution is -2.21. The van der Waals surface area contributed by atoms with Crippen molar-refractivity contribution in [2.24, 2.45) is 0 Å². The standard InChI is InChI=1S/C19H17N3O4S.C7H7F/c1-20-9-12-13(10-23)18-15(25-6-7-26-18)8-14(12)21-19(24)17-11-4-2-3-5-16(11)27-22-17;1-6-2-4-7(8)5-3-6/h2-5,8,10,20H,6-7,9H2,1H3,(H,21,24);2-5H,1H3. The minimum Gasteiger partial charge on any atom is -0.486 e. The van der Waals surface area contributed by atoms with Gasteiger partial charge in [-0.15, -0.1) is 0 Å². The van der Waals surface area contributed by atoms with E-state index in [0.717, 1.165) is 21.9 Å². The molecular formula is C26H24FN3O4S. The number of halogens is 1. The maximum absolute atomic E-state index is 12.9. The molecule has 35 heavy (non-hydrogen) atoms. The summed E-state index contributed by atoms with van der Waals surface area (Å²) in [5.74, 6) is 0.356. The summed E-state index contributed by atoms with van der Waals surface area (Å²) in [6, 6.07) is 15.7. The molecule has 4 aromatic rings. The highest BCUT2D eigenvalue weighted by Crippen LogP contribution is 2.40. The van der Waals surface area contributed by atoms with Crippen molar-refractivity contribution in [1.29, 1.82) is 0 Å². The first-order valence-corrected chi connectivity index (χ1v) is 11.7. The van der Waals surface area contributed by atoms with E-state index in [-0.39, 0.29) is 11.7 Å². The average molecular weight is 494 g/mol. The predicted molar refractivity (Wildman–Crippen MR) is 134 cm³/mol. The number of amides is 1. The van der Waals surface area contributed by atoms with Crippen LogP contribution in [-0.4, -0.2) is 36.8 Å². The smallest absolute Gasteiger partial charge is 0.276 e. The van der Waals surface area contributed by atoms with Gasteiger partial charge in [0.25, 0.3) is 5.91 Å². The minimum atomic E-state index is -0.335. The van der Waals surface area contributed by atoms with Gasteiger partial charge in [0.1, 0.15) is 24.7 Å². The van der Waals surface area contributed by atoms with E-state index in [1.165, 1.54) is 23.7 Å². The summed E-state index contributed by atoms with van der Waals surface area (Å²) < 4.78 is 28.5. The molecule has 0 unspecified atom stereocenters. The molecular weight excluding hydrogens is 469 g/mol. The molecule has 5 rings (SSSR count). The summed E-state index contributed by atoms with van der Waals surface area (Å²) in [4.78, 5) is 24.6. The number of carbonyl (C=O) groups excluding carboxylic acids is 2. The van der Waals surface area contributed by atoms with E-state index in [1.807, 2.05) is 31.2 Å². The van der Waals surface area contributed by atoms with E-state index < -0.39 is 0 Å². The Morgan fingerprint density at radius 1 is 1.14 bits per heavy atom. The number of carbonyl (C=O) groups is 2. The zero-order valence-corrected chi connectivity index (χ0v) is 20.1. The zero-order valence-electron chi connectivity index (χ0n) is 19.3. The van der Waals surface area contributed by atoms with Crippen molar-refractivity contribution in [2.45, 2.75) is 13.5 Å². The summed E-state index contributed by atoms with van der Waals surface area (Å²) in [6.45, 7) is 3.09. The maximum atomic E-state index is 12.9. The Bertz CT molecular complexity index is 1330. The van der Waals surface area contributed by atoms with Gasteiger partial charge in [-0.1, -0.05) is 35.9 Å². The second-order valence-electron chi connectivity index (χ2n) is 7.77. The molecule has 0 saturated carbocycles. The fraction of sp³-hybridized carbons (Fsp3) is 0.192. The Kier molecular flexibility index (Phi) is 7.69. The van der Waals surface area contributed by atoms with Crippen molar-refractivity contribution in [1.82, 2.24) is 9.69 Å². The van der Waals surface area contributed by atoms with Gasteiger partial charge in [0.05, 0.1) is 16.0 Å². The van der Waals surface area contributed by atoms with Crippen LogP contribution in [0.2, 0.25) is 0 Å². The number of aromatic nitrogens is 1. The van der Waals surface area contributed by atoms with Crippen molar-refractivity contribution in [3.05, 3.63) is 82.8 Å². The number of hydrogen-bond acceptors (Lipinski definition) is 7. The summed E-state index contributed by atoms with van der Waals surface area (Å²) in [5.41, 5.74) is 2.96. The second kappa shape index (κ2) is 11.1. The molecule has 3 aromatic carbocycles. The van der Waals surface area contributed by atoms with E-state index in [2.05, 4.69) is 15.0 Å². The third kappa shape index (κ3) is 5.47. The number of hydrogen-bond donors (Lipinski definition) is 2. The van der Waals surface area contributed by atoms with Crippen LogP contribution in [0.15, 0.2) is 54.6 Å². The lowest BCUT2D eigenvalue weighted by molar-refractivity contribution is 0.102. The highest BCUT2D eigenvalue weighted by atomic mass is 32.1. The van der Waals surface area contributed by atoms with Crippen LogP contribution in [0.4, 0.5) is 10.1 Å². The molecule has 7 nitrogen and oxygen atoms in total. The molecule has 0 aliphatic carbocycles. The SMILES string of the molecule is CNCc1c(NC(=O)c2nsc3ccccc23)cc2c(c1C=O)OCCO2.Cc1ccc(F)cc1. The molecule has 9 heteroatoms. The zero-order chi connectivity index (χ0) is 24.8. The van der Waals surface area contributed by atoms with Crippen LogP contribution in [0.25, 0.3) is 10.1 Å². The predicted octanol–water partition coefficient (Wildman–Crippen LogP) is 4.99. The number of rotatable bonds is 5. The monoisotopic (exact) mass is 493 g/mol. The van der Waals surface area contributed by atoms with E-state index in [0.29, 0.717) is 53.8 Å². The molecule has 0 fully saturated rings. The van der Waals surface area contributed by atoms with Crippen LogP contribution in [0.1, 0.15) is 32.0 Å². The molecule has 1 aromatic heterocycles. The lowest BCUT2D eigenvalue weighted by Gasteiger charge is -2.23. The number of anilines is 1. The summed E-state index contributed by atoms with van der Waals surface area (Å²) in [6.07, 6.45) is 0.730. The molecule has 0 atom stereocenters. The minimum absolute atomic E-state index is 0.171. The Labute approximate surface area is 206 Å². The highest BCUT2D eigenvalue weighted by Gasteiger charge is 2.24. The molecule has 0 radical (unpaired) electrons. The van der Waals surface area contributed by atoms with Gasteiger partial charge >= 0.3 is 0 Å². The van der Waals surface area contributed by atoms with Gasteiger partial charge in [-0.25, -0.2) is 4.39 Å². The molecule has 1 amide bonds. The Morgan fingerprint density at radius 2 is 1.89 bits per heavy atom. The summed E-state index contributed by atoms with van der Waals surface area (Å²) in [7, 11) is 1.77. The Balaban J connectivity index is 0.000000308. The van der Waals surface area contributed by atoms with Gasteiger partial charge in [0, 0.05) is 23.6 Å². The molecule has 1 aliphatic rings. The second-order valence-corrected chi connectivity index (χ2v) is 8.57. The molecule has 0 spiro atoms. The third-order valence-corrected chi connectivity index (χ3v) is 6.13. The van der Waals surface area contributed by atoms with Crippen LogP contribution < -0.4 is 20.1 Å². The molecule has 180 valence electrons. The normalized spacial score (nSPS) is 12.0. The largest absolute Gasteiger partial charge is 0.486 e. The quantitative estimate of drug-likeness (QED) is 0.381. The van der Waals surface area contributed by atoms with Gasteiger partial charge < -0.3 is 20.1 Å². The van der Waals surface area contributed by atoms with Crippen molar-refractivity contribution in [3.63, 3.8) is 0 Å². The number of nitrogens with zero attached hydrogens (tertiary/aromatic N) is 1. The van der Waals surface area contributed by atoms with E-state index in [1.54, 1.807) is 25.2 Å². The van der Waals surface area contributed by atoms with Gasteiger partial charge in [-0.05, 0) is 43.7 Å². The average Bonchev–Trinajstić information content (AvgIpc) is 3.31. The van der Waals surface area contributed by atoms with Crippen LogP contribution in [-0.2, 0) is 6.54 Å². The van der Waals surface area contributed by atoms with Gasteiger partial charge in [0.2, 0.25) is 0 Å². The van der Waals surface area contributed by atoms with Crippen LogP contribution in [0.5, 0.6) is 11.5 Å². The Morgan fingerprint density at radius 3 is 2.60 bits per heavy atom. The maximum Gasteiger partial charge on any atom is 0.276 e. The number of aryl methyl sites for hydroxylation is 1. The lowest BCUT2D eigenvalue weighted by atomic mass is 10.0. The summed E-state index contributed by atoms with van der Waals surface area (Å²) >= 11 is 1.27. The van der Waals surface area contributed by atoms with Crippen molar-refractivity contribution < 1.29 is 23.5 Å². The van der Waals surface area contributed by atoms with Crippen molar-refractivity contribution in [3.8, 4) is 11.5 Å².